The number of rotatable bonds is 2. The maximum atomic E-state index is 12.2. The molecule has 0 aliphatic carbocycles. The van der Waals surface area contributed by atoms with E-state index in [-0.39, 0.29) is 48.0 Å². The zero-order chi connectivity index (χ0) is 21.7. The fraction of sp³-hybridized carbons (Fsp3) is 0.739. The van der Waals surface area contributed by atoms with Gasteiger partial charge in [0.05, 0.1) is 30.6 Å². The monoisotopic (exact) mass is 431 g/mol. The van der Waals surface area contributed by atoms with Crippen LogP contribution < -0.4 is 0 Å². The van der Waals surface area contributed by atoms with E-state index in [1.54, 1.807) is 14.0 Å². The Morgan fingerprint density at radius 1 is 1.16 bits per heavy atom. The van der Waals surface area contributed by atoms with E-state index in [9.17, 15) is 9.59 Å². The van der Waals surface area contributed by atoms with Crippen LogP contribution in [0.4, 0.5) is 0 Å². The molecule has 0 aromatic heterocycles. The van der Waals surface area contributed by atoms with Crippen LogP contribution in [0, 0.1) is 17.8 Å². The summed E-state index contributed by atoms with van der Waals surface area (Å²) in [6.07, 6.45) is 3.34. The van der Waals surface area contributed by atoms with Crippen LogP contribution in [0.2, 0.25) is 0 Å². The zero-order valence-electron chi connectivity index (χ0n) is 18.4. The number of hydrogen-bond acceptors (Lipinski definition) is 8. The fourth-order valence-corrected chi connectivity index (χ4v) is 6.91. The third-order valence-corrected chi connectivity index (χ3v) is 8.23. The van der Waals surface area contributed by atoms with Crippen molar-refractivity contribution in [3.05, 3.63) is 22.9 Å². The maximum Gasteiger partial charge on any atom is 0.343 e. The summed E-state index contributed by atoms with van der Waals surface area (Å²) in [5.41, 5.74) is 0.456. The average molecular weight is 431 g/mol. The summed E-state index contributed by atoms with van der Waals surface area (Å²) in [6.45, 7) is 6.73. The number of nitrogens with zero attached hydrogens (tertiary/aromatic N) is 1. The van der Waals surface area contributed by atoms with Gasteiger partial charge in [0.25, 0.3) is 0 Å². The highest BCUT2D eigenvalue weighted by atomic mass is 16.7. The molecule has 168 valence electrons. The van der Waals surface area contributed by atoms with Crippen molar-refractivity contribution in [3.63, 3.8) is 0 Å². The second-order valence-corrected chi connectivity index (χ2v) is 9.87. The molecule has 6 aliphatic heterocycles. The molecule has 0 aromatic carbocycles. The molecule has 0 spiro atoms. The fourth-order valence-electron chi connectivity index (χ4n) is 6.91. The number of allylic oxidation sites excluding steroid dienone is 1. The van der Waals surface area contributed by atoms with Crippen molar-refractivity contribution in [3.8, 4) is 0 Å². The van der Waals surface area contributed by atoms with Crippen LogP contribution in [-0.4, -0.2) is 60.6 Å². The van der Waals surface area contributed by atoms with Crippen molar-refractivity contribution < 1.29 is 33.3 Å². The number of methoxy groups -OCH3 is 1. The van der Waals surface area contributed by atoms with E-state index in [1.165, 1.54) is 0 Å². The second kappa shape index (κ2) is 6.48. The smallest absolute Gasteiger partial charge is 0.343 e. The third kappa shape index (κ3) is 2.49. The van der Waals surface area contributed by atoms with Crippen molar-refractivity contribution in [1.82, 2.24) is 4.90 Å². The Morgan fingerprint density at radius 3 is 2.68 bits per heavy atom. The highest BCUT2D eigenvalue weighted by Gasteiger charge is 2.70. The lowest BCUT2D eigenvalue weighted by Gasteiger charge is -2.33. The van der Waals surface area contributed by atoms with E-state index in [0.29, 0.717) is 22.9 Å². The van der Waals surface area contributed by atoms with E-state index in [2.05, 4.69) is 11.8 Å². The molecule has 8 atom stereocenters. The summed E-state index contributed by atoms with van der Waals surface area (Å²) in [7, 11) is 1.54. The first-order valence-electron chi connectivity index (χ1n) is 11.4. The topological polar surface area (TPSA) is 83.5 Å². The van der Waals surface area contributed by atoms with E-state index >= 15 is 0 Å². The second-order valence-electron chi connectivity index (χ2n) is 9.87. The molecular formula is C23H29NO7. The first-order chi connectivity index (χ1) is 14.8. The number of esters is 2. The van der Waals surface area contributed by atoms with Gasteiger partial charge in [-0.3, -0.25) is 9.69 Å². The first kappa shape index (κ1) is 19.6. The molecule has 8 unspecified atom stereocenters. The van der Waals surface area contributed by atoms with Crippen molar-refractivity contribution in [2.75, 3.05) is 13.7 Å². The summed E-state index contributed by atoms with van der Waals surface area (Å²) in [6, 6.07) is 0.383. The standard InChI is InChI=1S/C23H29NO7/c1-10-8-14(28-21(10)25)13-9-15-17-16-11(2)19(20-18(27-4)12(3)22(26)29-20)31-23(16,30-15)6-5-7-24(13)17/h10-11,13-17H,5-9H2,1-4H3. The number of carbonyl (C=O) groups is 2. The van der Waals surface area contributed by atoms with Crippen LogP contribution in [0.1, 0.15) is 46.5 Å². The van der Waals surface area contributed by atoms with Gasteiger partial charge in [-0.2, -0.15) is 0 Å². The summed E-state index contributed by atoms with van der Waals surface area (Å²) >= 11 is 0. The molecule has 0 radical (unpaired) electrons. The molecule has 6 rings (SSSR count). The van der Waals surface area contributed by atoms with Gasteiger partial charge in [-0.05, 0) is 32.7 Å². The predicted octanol–water partition coefficient (Wildman–Crippen LogP) is 2.24. The number of hydrogen-bond donors (Lipinski definition) is 0. The number of carbonyl (C=O) groups excluding carboxylic acids is 2. The summed E-state index contributed by atoms with van der Waals surface area (Å²) in [4.78, 5) is 26.7. The van der Waals surface area contributed by atoms with Crippen LogP contribution in [0.3, 0.4) is 0 Å². The van der Waals surface area contributed by atoms with Gasteiger partial charge >= 0.3 is 11.9 Å². The molecule has 6 heterocycles. The maximum absolute atomic E-state index is 12.2. The summed E-state index contributed by atoms with van der Waals surface area (Å²) in [5, 5.41) is 0. The van der Waals surface area contributed by atoms with Gasteiger partial charge in [0, 0.05) is 24.4 Å². The minimum atomic E-state index is -0.696. The molecule has 5 saturated heterocycles. The van der Waals surface area contributed by atoms with Crippen LogP contribution in [0.5, 0.6) is 0 Å². The quantitative estimate of drug-likeness (QED) is 0.616. The van der Waals surface area contributed by atoms with E-state index < -0.39 is 11.8 Å². The van der Waals surface area contributed by atoms with Crippen LogP contribution in [0.15, 0.2) is 22.9 Å². The molecule has 6 aliphatic rings. The SMILES string of the molecule is COC1=C(C)C(=O)OC1=C1OC23CCCN4C(C5CC(C)C(=O)O5)CC(O2)C4C3C1C. The van der Waals surface area contributed by atoms with Crippen molar-refractivity contribution >= 4 is 11.9 Å². The predicted molar refractivity (Wildman–Crippen MR) is 106 cm³/mol. The Balaban J connectivity index is 1.35. The Kier molecular flexibility index (Phi) is 4.10. The van der Waals surface area contributed by atoms with Gasteiger partial charge < -0.3 is 23.7 Å². The van der Waals surface area contributed by atoms with Crippen LogP contribution >= 0.6 is 0 Å². The van der Waals surface area contributed by atoms with Gasteiger partial charge in [0.15, 0.2) is 5.76 Å². The largest absolute Gasteiger partial charge is 0.492 e. The van der Waals surface area contributed by atoms with Crippen LogP contribution in [0.25, 0.3) is 0 Å². The van der Waals surface area contributed by atoms with E-state index in [0.717, 1.165) is 32.2 Å². The lowest BCUT2D eigenvalue weighted by atomic mass is 9.82. The van der Waals surface area contributed by atoms with Gasteiger partial charge in [-0.25, -0.2) is 4.79 Å². The van der Waals surface area contributed by atoms with Crippen molar-refractivity contribution in [2.45, 2.75) is 76.5 Å². The molecule has 0 amide bonds. The Morgan fingerprint density at radius 2 is 1.97 bits per heavy atom. The normalized spacial score (nSPS) is 48.6. The number of ether oxygens (including phenoxy) is 5. The minimum absolute atomic E-state index is 0.0123. The Bertz CT molecular complexity index is 925. The molecule has 0 N–H and O–H groups in total. The minimum Gasteiger partial charge on any atom is -0.492 e. The lowest BCUT2D eigenvalue weighted by Crippen LogP contribution is -2.47. The van der Waals surface area contributed by atoms with Crippen LogP contribution in [-0.2, 0) is 33.3 Å². The van der Waals surface area contributed by atoms with Gasteiger partial charge in [-0.1, -0.05) is 13.8 Å². The Labute approximate surface area is 181 Å². The third-order valence-electron chi connectivity index (χ3n) is 8.23. The molecule has 8 heteroatoms. The average Bonchev–Trinajstić information content (AvgIpc) is 3.44. The molecule has 5 fully saturated rings. The van der Waals surface area contributed by atoms with Crippen molar-refractivity contribution in [2.24, 2.45) is 17.8 Å². The molecule has 2 bridgehead atoms. The Hall–Kier alpha value is -2.06. The molecule has 31 heavy (non-hydrogen) atoms. The highest BCUT2D eigenvalue weighted by molar-refractivity contribution is 5.93. The van der Waals surface area contributed by atoms with E-state index in [1.807, 2.05) is 6.92 Å². The summed E-state index contributed by atoms with van der Waals surface area (Å²) in [5.74, 6) is 0.408. The summed E-state index contributed by atoms with van der Waals surface area (Å²) < 4.78 is 30.0. The van der Waals surface area contributed by atoms with E-state index in [4.69, 9.17) is 23.7 Å². The number of cyclic esters (lactones) is 2. The van der Waals surface area contributed by atoms with Crippen molar-refractivity contribution in [1.29, 1.82) is 0 Å². The van der Waals surface area contributed by atoms with Gasteiger partial charge in [0.2, 0.25) is 11.5 Å². The first-order valence-corrected chi connectivity index (χ1v) is 11.4. The molecule has 0 aromatic rings. The molecular weight excluding hydrogens is 402 g/mol. The van der Waals surface area contributed by atoms with Gasteiger partial charge in [-0.15, -0.1) is 0 Å². The highest BCUT2D eigenvalue weighted by Crippen LogP contribution is 2.61. The zero-order valence-corrected chi connectivity index (χ0v) is 18.4. The van der Waals surface area contributed by atoms with Gasteiger partial charge in [0.1, 0.15) is 11.9 Å². The molecule has 0 saturated carbocycles. The lowest BCUT2D eigenvalue weighted by molar-refractivity contribution is -0.206. The molecule has 8 nitrogen and oxygen atoms in total.